The summed E-state index contributed by atoms with van der Waals surface area (Å²) in [7, 11) is 0. The molecule has 0 spiro atoms. The summed E-state index contributed by atoms with van der Waals surface area (Å²) in [5.41, 5.74) is 2.33. The second kappa shape index (κ2) is 5.47. The number of rotatable bonds is 3. The van der Waals surface area contributed by atoms with Crippen molar-refractivity contribution in [1.29, 1.82) is 0 Å². The van der Waals surface area contributed by atoms with Crippen LogP contribution in [-0.2, 0) is 0 Å². The van der Waals surface area contributed by atoms with E-state index in [-0.39, 0.29) is 0 Å². The molecule has 0 radical (unpaired) electrons. The highest BCUT2D eigenvalue weighted by Gasteiger charge is 2.15. The van der Waals surface area contributed by atoms with Gasteiger partial charge in [0.05, 0.1) is 24.2 Å². The van der Waals surface area contributed by atoms with Crippen molar-refractivity contribution in [2.24, 2.45) is 0 Å². The predicted octanol–water partition coefficient (Wildman–Crippen LogP) is 3.89. The van der Waals surface area contributed by atoms with Gasteiger partial charge in [0.1, 0.15) is 0 Å². The van der Waals surface area contributed by atoms with Crippen molar-refractivity contribution < 1.29 is 4.74 Å². The molecule has 1 saturated carbocycles. The summed E-state index contributed by atoms with van der Waals surface area (Å²) in [5, 5.41) is 4.40. The van der Waals surface area contributed by atoms with Crippen molar-refractivity contribution in [2.45, 2.75) is 45.1 Å². The van der Waals surface area contributed by atoms with E-state index in [0.29, 0.717) is 6.10 Å². The van der Waals surface area contributed by atoms with Crippen LogP contribution in [0.5, 0.6) is 5.75 Å². The van der Waals surface area contributed by atoms with Crippen molar-refractivity contribution in [3.63, 3.8) is 0 Å². The van der Waals surface area contributed by atoms with Gasteiger partial charge in [0.2, 0.25) is 0 Å². The zero-order chi connectivity index (χ0) is 13.1. The molecule has 0 saturated heterocycles. The first-order valence-electron chi connectivity index (χ1n) is 7.10. The molecule has 3 heteroatoms. The molecule has 0 N–H and O–H groups in total. The van der Waals surface area contributed by atoms with Crippen LogP contribution in [-0.4, -0.2) is 15.9 Å². The summed E-state index contributed by atoms with van der Waals surface area (Å²) in [6.45, 7) is 2.10. The van der Waals surface area contributed by atoms with Gasteiger partial charge >= 0.3 is 0 Å². The molecule has 1 heterocycles. The van der Waals surface area contributed by atoms with Gasteiger partial charge in [-0.2, -0.15) is 5.10 Å². The highest BCUT2D eigenvalue weighted by molar-refractivity contribution is 5.40. The van der Waals surface area contributed by atoms with Crippen molar-refractivity contribution >= 4 is 0 Å². The van der Waals surface area contributed by atoms with Gasteiger partial charge in [-0.25, -0.2) is 4.68 Å². The largest absolute Gasteiger partial charge is 0.487 e. The van der Waals surface area contributed by atoms with E-state index in [1.807, 2.05) is 29.2 Å². The molecule has 0 atom stereocenters. The number of aromatic nitrogens is 2. The number of para-hydroxylation sites is 1. The summed E-state index contributed by atoms with van der Waals surface area (Å²) in [5.74, 6) is 0.884. The smallest absolute Gasteiger partial charge is 0.158 e. The van der Waals surface area contributed by atoms with Crippen LogP contribution in [0.4, 0.5) is 0 Å². The van der Waals surface area contributed by atoms with Crippen LogP contribution in [0.2, 0.25) is 0 Å². The minimum absolute atomic E-state index is 0.378. The van der Waals surface area contributed by atoms with Crippen LogP contribution < -0.4 is 4.74 Å². The fraction of sp³-hybridized carbons (Fsp3) is 0.438. The Kier molecular flexibility index (Phi) is 3.53. The monoisotopic (exact) mass is 256 g/mol. The molecule has 0 unspecified atom stereocenters. The zero-order valence-electron chi connectivity index (χ0n) is 11.4. The van der Waals surface area contributed by atoms with Gasteiger partial charge < -0.3 is 4.74 Å². The van der Waals surface area contributed by atoms with Crippen LogP contribution in [0, 0.1) is 6.92 Å². The van der Waals surface area contributed by atoms with Crippen LogP contribution >= 0.6 is 0 Å². The maximum absolute atomic E-state index is 6.01. The molecule has 1 fully saturated rings. The van der Waals surface area contributed by atoms with E-state index in [1.54, 1.807) is 0 Å². The number of hydrogen-bond acceptors (Lipinski definition) is 2. The topological polar surface area (TPSA) is 27.1 Å². The van der Waals surface area contributed by atoms with Crippen molar-refractivity contribution in [2.75, 3.05) is 0 Å². The lowest BCUT2D eigenvalue weighted by molar-refractivity contribution is 0.155. The first-order chi connectivity index (χ1) is 9.33. The van der Waals surface area contributed by atoms with Gasteiger partial charge in [0, 0.05) is 0 Å². The zero-order valence-corrected chi connectivity index (χ0v) is 11.4. The first kappa shape index (κ1) is 12.3. The number of hydrogen-bond donors (Lipinski definition) is 0. The predicted molar refractivity (Wildman–Crippen MR) is 75.8 cm³/mol. The lowest BCUT2D eigenvalue weighted by atomic mass is 9.98. The number of nitrogens with zero attached hydrogens (tertiary/aromatic N) is 2. The summed E-state index contributed by atoms with van der Waals surface area (Å²) in [4.78, 5) is 0. The Morgan fingerprint density at radius 2 is 1.95 bits per heavy atom. The second-order valence-corrected chi connectivity index (χ2v) is 5.28. The molecule has 100 valence electrons. The lowest BCUT2D eigenvalue weighted by Crippen LogP contribution is -2.19. The Bertz CT molecular complexity index is 541. The van der Waals surface area contributed by atoms with Crippen LogP contribution in [0.25, 0.3) is 5.69 Å². The van der Waals surface area contributed by atoms with Gasteiger partial charge in [0.15, 0.2) is 5.75 Å². The van der Waals surface area contributed by atoms with Crippen LogP contribution in [0.1, 0.15) is 37.7 Å². The van der Waals surface area contributed by atoms with E-state index in [1.165, 1.54) is 37.7 Å². The SMILES string of the molecule is Cc1ccccc1-n1cc(OC2CCCCC2)cn1. The standard InChI is InChI=1S/C16H20N2O/c1-13-7-5-6-10-16(13)18-12-15(11-17-18)19-14-8-3-2-4-9-14/h5-7,10-12,14H,2-4,8-9H2,1H3. The molecular weight excluding hydrogens is 236 g/mol. The molecular formula is C16H20N2O. The number of ether oxygens (including phenoxy) is 1. The minimum atomic E-state index is 0.378. The van der Waals surface area contributed by atoms with E-state index in [4.69, 9.17) is 4.74 Å². The third kappa shape index (κ3) is 2.80. The fourth-order valence-electron chi connectivity index (χ4n) is 2.69. The molecule has 1 aromatic carbocycles. The molecule has 1 aliphatic carbocycles. The van der Waals surface area contributed by atoms with Gasteiger partial charge in [-0.05, 0) is 44.2 Å². The highest BCUT2D eigenvalue weighted by Crippen LogP contribution is 2.24. The van der Waals surface area contributed by atoms with E-state index in [2.05, 4.69) is 24.2 Å². The summed E-state index contributed by atoms with van der Waals surface area (Å²) in [6, 6.07) is 8.25. The Morgan fingerprint density at radius 3 is 2.74 bits per heavy atom. The van der Waals surface area contributed by atoms with Gasteiger partial charge in [-0.1, -0.05) is 24.6 Å². The van der Waals surface area contributed by atoms with E-state index in [0.717, 1.165) is 11.4 Å². The third-order valence-corrected chi connectivity index (χ3v) is 3.78. The molecule has 0 bridgehead atoms. The Hall–Kier alpha value is -1.77. The molecule has 3 rings (SSSR count). The molecule has 0 amide bonds. The third-order valence-electron chi connectivity index (χ3n) is 3.78. The van der Waals surface area contributed by atoms with E-state index >= 15 is 0 Å². The minimum Gasteiger partial charge on any atom is -0.487 e. The summed E-state index contributed by atoms with van der Waals surface area (Å²) >= 11 is 0. The summed E-state index contributed by atoms with van der Waals surface area (Å²) in [6.07, 6.45) is 10.5. The Labute approximate surface area is 114 Å². The van der Waals surface area contributed by atoms with Gasteiger partial charge in [-0.3, -0.25) is 0 Å². The molecule has 0 aliphatic heterocycles. The molecule has 2 aromatic rings. The van der Waals surface area contributed by atoms with Crippen molar-refractivity contribution in [1.82, 2.24) is 9.78 Å². The van der Waals surface area contributed by atoms with E-state index < -0.39 is 0 Å². The Balaban J connectivity index is 1.74. The normalized spacial score (nSPS) is 16.5. The van der Waals surface area contributed by atoms with Crippen molar-refractivity contribution in [3.8, 4) is 11.4 Å². The summed E-state index contributed by atoms with van der Waals surface area (Å²) < 4.78 is 7.91. The number of benzene rings is 1. The molecule has 3 nitrogen and oxygen atoms in total. The lowest BCUT2D eigenvalue weighted by Gasteiger charge is -2.21. The molecule has 1 aromatic heterocycles. The van der Waals surface area contributed by atoms with Gasteiger partial charge in [0.25, 0.3) is 0 Å². The maximum Gasteiger partial charge on any atom is 0.158 e. The molecule has 19 heavy (non-hydrogen) atoms. The average molecular weight is 256 g/mol. The highest BCUT2D eigenvalue weighted by atomic mass is 16.5. The second-order valence-electron chi connectivity index (χ2n) is 5.28. The quantitative estimate of drug-likeness (QED) is 0.833. The average Bonchev–Trinajstić information content (AvgIpc) is 2.89. The van der Waals surface area contributed by atoms with Crippen LogP contribution in [0.3, 0.4) is 0 Å². The fourth-order valence-corrected chi connectivity index (χ4v) is 2.69. The first-order valence-corrected chi connectivity index (χ1v) is 7.10. The molecule has 1 aliphatic rings. The van der Waals surface area contributed by atoms with E-state index in [9.17, 15) is 0 Å². The number of aryl methyl sites for hydroxylation is 1. The maximum atomic E-state index is 6.01. The Morgan fingerprint density at radius 1 is 1.16 bits per heavy atom. The van der Waals surface area contributed by atoms with Crippen LogP contribution in [0.15, 0.2) is 36.7 Å². The van der Waals surface area contributed by atoms with Crippen molar-refractivity contribution in [3.05, 3.63) is 42.2 Å². The van der Waals surface area contributed by atoms with Gasteiger partial charge in [-0.15, -0.1) is 0 Å².